The normalized spacial score (nSPS) is 19.2. The first-order valence-electron chi connectivity index (χ1n) is 7.38. The molecule has 0 bridgehead atoms. The summed E-state index contributed by atoms with van der Waals surface area (Å²) in [7, 11) is 1.57. The summed E-state index contributed by atoms with van der Waals surface area (Å²) in [6, 6.07) is 11.9. The second-order valence-electron chi connectivity index (χ2n) is 5.78. The smallest absolute Gasteiger partial charge is 0.339 e. The van der Waals surface area contributed by atoms with E-state index in [1.165, 1.54) is 0 Å². The Labute approximate surface area is 144 Å². The number of anilines is 1. The van der Waals surface area contributed by atoms with Crippen molar-refractivity contribution in [1.29, 1.82) is 0 Å². The van der Waals surface area contributed by atoms with E-state index in [9.17, 15) is 9.59 Å². The van der Waals surface area contributed by atoms with Crippen LogP contribution in [0.15, 0.2) is 42.5 Å². The molecular formula is C18H16ClNO4. The lowest BCUT2D eigenvalue weighted by Gasteiger charge is -2.33. The number of fused-ring (bicyclic) bond motifs is 1. The van der Waals surface area contributed by atoms with Crippen LogP contribution in [0, 0.1) is 0 Å². The van der Waals surface area contributed by atoms with Crippen LogP contribution < -0.4 is 10.1 Å². The number of rotatable bonds is 3. The average molecular weight is 346 g/mol. The number of benzene rings is 2. The molecular weight excluding hydrogens is 330 g/mol. The standard InChI is InChI=1S/C18H16ClNO4/c1-18(17(22)20-13-5-7-14(23-2)8-6-13)10-11-3-4-12(19)9-15(11)16(21)24-18/h3-9H,10H2,1-2H3,(H,20,22). The third-order valence-electron chi connectivity index (χ3n) is 3.97. The summed E-state index contributed by atoms with van der Waals surface area (Å²) in [4.78, 5) is 24.8. The van der Waals surface area contributed by atoms with E-state index in [4.69, 9.17) is 21.1 Å². The largest absolute Gasteiger partial charge is 0.497 e. The van der Waals surface area contributed by atoms with E-state index < -0.39 is 11.6 Å². The third-order valence-corrected chi connectivity index (χ3v) is 4.20. The number of carbonyl (C=O) groups excluding carboxylic acids is 2. The second kappa shape index (κ2) is 6.17. The van der Waals surface area contributed by atoms with Crippen molar-refractivity contribution in [2.45, 2.75) is 18.9 Å². The Hall–Kier alpha value is -2.53. The predicted molar refractivity (Wildman–Crippen MR) is 90.6 cm³/mol. The molecule has 0 aromatic heterocycles. The summed E-state index contributed by atoms with van der Waals surface area (Å²) in [6.45, 7) is 1.60. The zero-order valence-electron chi connectivity index (χ0n) is 13.3. The highest BCUT2D eigenvalue weighted by atomic mass is 35.5. The summed E-state index contributed by atoms with van der Waals surface area (Å²) in [6.07, 6.45) is 0.285. The van der Waals surface area contributed by atoms with Gasteiger partial charge in [0, 0.05) is 17.1 Å². The van der Waals surface area contributed by atoms with Crippen LogP contribution in [0.1, 0.15) is 22.8 Å². The summed E-state index contributed by atoms with van der Waals surface area (Å²) in [5, 5.41) is 3.22. The van der Waals surface area contributed by atoms with Gasteiger partial charge in [-0.1, -0.05) is 17.7 Å². The molecule has 6 heteroatoms. The number of halogens is 1. The molecule has 5 nitrogen and oxygen atoms in total. The lowest BCUT2D eigenvalue weighted by molar-refractivity contribution is -0.134. The molecule has 0 aliphatic carbocycles. The van der Waals surface area contributed by atoms with Crippen LogP contribution in [0.4, 0.5) is 5.69 Å². The van der Waals surface area contributed by atoms with Gasteiger partial charge in [-0.3, -0.25) is 4.79 Å². The van der Waals surface area contributed by atoms with Crippen molar-refractivity contribution in [3.63, 3.8) is 0 Å². The van der Waals surface area contributed by atoms with E-state index in [1.807, 2.05) is 0 Å². The van der Waals surface area contributed by atoms with Crippen LogP contribution in [0.2, 0.25) is 5.02 Å². The number of hydrogen-bond acceptors (Lipinski definition) is 4. The Morgan fingerprint density at radius 3 is 2.62 bits per heavy atom. The van der Waals surface area contributed by atoms with Crippen LogP contribution >= 0.6 is 11.6 Å². The van der Waals surface area contributed by atoms with E-state index in [0.717, 1.165) is 5.56 Å². The van der Waals surface area contributed by atoms with Gasteiger partial charge in [-0.25, -0.2) is 4.79 Å². The van der Waals surface area contributed by atoms with Gasteiger partial charge in [-0.05, 0) is 48.9 Å². The molecule has 0 fully saturated rings. The van der Waals surface area contributed by atoms with Crippen LogP contribution in [0.25, 0.3) is 0 Å². The molecule has 124 valence electrons. The lowest BCUT2D eigenvalue weighted by atomic mass is 9.89. The minimum absolute atomic E-state index is 0.285. The highest BCUT2D eigenvalue weighted by Crippen LogP contribution is 2.31. The fourth-order valence-electron chi connectivity index (χ4n) is 2.62. The van der Waals surface area contributed by atoms with Gasteiger partial charge >= 0.3 is 5.97 Å². The maximum atomic E-state index is 12.6. The molecule has 1 N–H and O–H groups in total. The van der Waals surface area contributed by atoms with E-state index in [-0.39, 0.29) is 12.3 Å². The molecule has 1 heterocycles. The molecule has 1 aliphatic heterocycles. The van der Waals surface area contributed by atoms with Crippen LogP contribution in [-0.2, 0) is 16.0 Å². The van der Waals surface area contributed by atoms with Crippen molar-refractivity contribution < 1.29 is 19.1 Å². The maximum Gasteiger partial charge on any atom is 0.339 e. The Kier molecular flexibility index (Phi) is 4.20. The molecule has 1 atom stereocenters. The van der Waals surface area contributed by atoms with E-state index >= 15 is 0 Å². The maximum absolute atomic E-state index is 12.6. The number of ether oxygens (including phenoxy) is 2. The fraction of sp³-hybridized carbons (Fsp3) is 0.222. The first kappa shape index (κ1) is 16.3. The topological polar surface area (TPSA) is 64.6 Å². The number of esters is 1. The second-order valence-corrected chi connectivity index (χ2v) is 6.22. The van der Waals surface area contributed by atoms with Gasteiger partial charge < -0.3 is 14.8 Å². The Bertz CT molecular complexity index is 803. The van der Waals surface area contributed by atoms with Crippen LogP contribution in [-0.4, -0.2) is 24.6 Å². The highest BCUT2D eigenvalue weighted by Gasteiger charge is 2.42. The molecule has 3 rings (SSSR count). The predicted octanol–water partition coefficient (Wildman–Crippen LogP) is 3.46. The fourth-order valence-corrected chi connectivity index (χ4v) is 2.79. The van der Waals surface area contributed by atoms with E-state index in [2.05, 4.69) is 5.32 Å². The van der Waals surface area contributed by atoms with E-state index in [0.29, 0.717) is 22.0 Å². The molecule has 0 saturated carbocycles. The molecule has 0 spiro atoms. The Morgan fingerprint density at radius 2 is 1.96 bits per heavy atom. The van der Waals surface area contributed by atoms with Gasteiger partial charge in [-0.2, -0.15) is 0 Å². The summed E-state index contributed by atoms with van der Waals surface area (Å²) in [5.41, 5.74) is 0.456. The van der Waals surface area contributed by atoms with Gasteiger partial charge in [0.15, 0.2) is 5.60 Å². The molecule has 2 aromatic carbocycles. The number of hydrogen-bond donors (Lipinski definition) is 1. The van der Waals surface area contributed by atoms with Crippen molar-refractivity contribution in [3.05, 3.63) is 58.6 Å². The SMILES string of the molecule is COc1ccc(NC(=O)C2(C)Cc3ccc(Cl)cc3C(=O)O2)cc1. The van der Waals surface area contributed by atoms with Gasteiger partial charge in [-0.15, -0.1) is 0 Å². The number of carbonyl (C=O) groups is 2. The zero-order chi connectivity index (χ0) is 17.3. The van der Waals surface area contributed by atoms with Gasteiger partial charge in [0.05, 0.1) is 12.7 Å². The lowest BCUT2D eigenvalue weighted by Crippen LogP contribution is -2.48. The van der Waals surface area contributed by atoms with Gasteiger partial charge in [0.2, 0.25) is 0 Å². The Balaban J connectivity index is 1.81. The van der Waals surface area contributed by atoms with E-state index in [1.54, 1.807) is 56.5 Å². The molecule has 1 aliphatic rings. The quantitative estimate of drug-likeness (QED) is 0.865. The molecule has 0 radical (unpaired) electrons. The number of nitrogens with one attached hydrogen (secondary N) is 1. The molecule has 2 aromatic rings. The minimum atomic E-state index is -1.28. The number of amides is 1. The van der Waals surface area contributed by atoms with Crippen LogP contribution in [0.3, 0.4) is 0 Å². The highest BCUT2D eigenvalue weighted by molar-refractivity contribution is 6.31. The van der Waals surface area contributed by atoms with Crippen molar-refractivity contribution >= 4 is 29.2 Å². The molecule has 1 amide bonds. The molecule has 1 unspecified atom stereocenters. The summed E-state index contributed by atoms with van der Waals surface area (Å²) < 4.78 is 10.5. The summed E-state index contributed by atoms with van der Waals surface area (Å²) >= 11 is 5.91. The van der Waals surface area contributed by atoms with Crippen molar-refractivity contribution in [2.75, 3.05) is 12.4 Å². The molecule has 0 saturated heterocycles. The van der Waals surface area contributed by atoms with Crippen molar-refractivity contribution in [3.8, 4) is 5.75 Å². The van der Waals surface area contributed by atoms with Crippen molar-refractivity contribution in [2.24, 2.45) is 0 Å². The average Bonchev–Trinajstić information content (AvgIpc) is 2.56. The van der Waals surface area contributed by atoms with Gasteiger partial charge in [0.25, 0.3) is 5.91 Å². The first-order valence-corrected chi connectivity index (χ1v) is 7.76. The third kappa shape index (κ3) is 3.08. The van der Waals surface area contributed by atoms with Gasteiger partial charge in [0.1, 0.15) is 5.75 Å². The zero-order valence-corrected chi connectivity index (χ0v) is 14.0. The minimum Gasteiger partial charge on any atom is -0.497 e. The molecule has 24 heavy (non-hydrogen) atoms. The first-order chi connectivity index (χ1) is 11.4. The summed E-state index contributed by atoms with van der Waals surface area (Å²) in [5.74, 6) is -0.248. The van der Waals surface area contributed by atoms with Crippen LogP contribution in [0.5, 0.6) is 5.75 Å². The number of methoxy groups -OCH3 is 1. The number of cyclic esters (lactones) is 1. The van der Waals surface area contributed by atoms with Crippen molar-refractivity contribution in [1.82, 2.24) is 0 Å². The monoisotopic (exact) mass is 345 g/mol. The Morgan fingerprint density at radius 1 is 1.25 bits per heavy atom.